The number of fused-ring (bicyclic) bond motifs is 6. The van der Waals surface area contributed by atoms with Gasteiger partial charge >= 0.3 is 24.0 Å². The highest BCUT2D eigenvalue weighted by molar-refractivity contribution is 9.09. The van der Waals surface area contributed by atoms with Crippen LogP contribution in [-0.4, -0.2) is 217 Å². The number of nitrogens with two attached hydrogens (primary N) is 1. The maximum atomic E-state index is 13.9. The number of rotatable bonds is 16. The minimum atomic E-state index is -0.816. The van der Waals surface area contributed by atoms with Crippen LogP contribution in [0.5, 0.6) is 0 Å². The maximum Gasteiger partial charge on any atom is 0.407 e. The van der Waals surface area contributed by atoms with Gasteiger partial charge in [-0.3, -0.25) is 34.4 Å². The van der Waals surface area contributed by atoms with Gasteiger partial charge in [-0.15, -0.1) is 34.0 Å². The van der Waals surface area contributed by atoms with Crippen molar-refractivity contribution in [1.29, 1.82) is 0 Å². The van der Waals surface area contributed by atoms with Crippen molar-refractivity contribution in [3.63, 3.8) is 0 Å². The van der Waals surface area contributed by atoms with Gasteiger partial charge in [0.2, 0.25) is 11.1 Å². The molecule has 8 N–H and O–H groups in total. The summed E-state index contributed by atoms with van der Waals surface area (Å²) in [5.74, 6) is -1.53. The molecule has 636 valence electrons. The number of benzene rings is 3. The number of aliphatic imine (C=N–C) groups is 3. The molecule has 39 heteroatoms. The lowest BCUT2D eigenvalue weighted by Crippen LogP contribution is -2.61. The van der Waals surface area contributed by atoms with Crippen molar-refractivity contribution < 1.29 is 75.1 Å². The second-order valence-electron chi connectivity index (χ2n) is 29.3. The lowest BCUT2D eigenvalue weighted by molar-refractivity contribution is -0.137. The molecule has 3 aromatic heterocycles. The molecule has 9 aliphatic rings. The summed E-state index contributed by atoms with van der Waals surface area (Å²) >= 11 is 31.3. The number of hydrogen-bond donors (Lipinski definition) is 7. The van der Waals surface area contributed by atoms with Gasteiger partial charge in [0, 0.05) is 170 Å². The summed E-state index contributed by atoms with van der Waals surface area (Å²) in [5, 5.41) is 27.3. The molecule has 6 aromatic rings. The van der Waals surface area contributed by atoms with Crippen molar-refractivity contribution in [2.24, 2.45) is 20.7 Å². The number of esters is 3. The first-order chi connectivity index (χ1) is 56.0. The molecule has 15 rings (SSSR count). The number of halogens is 8. The van der Waals surface area contributed by atoms with Gasteiger partial charge in [-0.2, -0.15) is 0 Å². The molecule has 0 spiro atoms. The number of carbonyl (C=O) groups excluding carboxylic acids is 6. The van der Waals surface area contributed by atoms with E-state index in [-0.39, 0.29) is 82.0 Å². The van der Waals surface area contributed by atoms with Gasteiger partial charge in [0.05, 0.1) is 77.7 Å². The fourth-order valence-corrected chi connectivity index (χ4v) is 18.1. The van der Waals surface area contributed by atoms with Crippen LogP contribution in [0.15, 0.2) is 138 Å². The third-order valence-electron chi connectivity index (χ3n) is 19.8. The summed E-state index contributed by atoms with van der Waals surface area (Å²) in [6.45, 7) is 13.0. The van der Waals surface area contributed by atoms with E-state index in [1.165, 1.54) is 112 Å². The monoisotopic (exact) mass is 1830 g/mol. The number of alkyl halides is 1. The Morgan fingerprint density at radius 3 is 1.21 bits per heavy atom. The molecule has 6 bridgehead atoms. The Kier molecular flexibility index (Phi) is 33.4. The number of carbonyl (C=O) groups is 6. The summed E-state index contributed by atoms with van der Waals surface area (Å²) in [6.07, 6.45) is 9.64. The number of nitrogens with one attached hydrogen (secondary N) is 6. The number of morpholine rings is 3. The third-order valence-corrected chi connectivity index (χ3v) is 23.7. The van der Waals surface area contributed by atoms with E-state index < -0.39 is 59.1 Å². The van der Waals surface area contributed by atoms with E-state index in [1.54, 1.807) is 30.7 Å². The zero-order valence-electron chi connectivity index (χ0n) is 64.9. The fourth-order valence-electron chi connectivity index (χ4n) is 15.1. The summed E-state index contributed by atoms with van der Waals surface area (Å²) in [4.78, 5) is 103. The Morgan fingerprint density at radius 1 is 0.551 bits per heavy atom. The molecule has 9 aliphatic heterocycles. The number of amides is 2. The Bertz CT molecular complexity index is 4720. The molecule has 0 radical (unpaired) electrons. The minimum Gasteiger partial charge on any atom is -0.466 e. The van der Waals surface area contributed by atoms with Gasteiger partial charge < -0.3 is 70.8 Å². The zero-order valence-corrected chi connectivity index (χ0v) is 72.0. The molecular weight excluding hydrogens is 1740 g/mol. The molecule has 6 unspecified atom stereocenters. The standard InChI is InChI=1S/C25H27ClFN5O4S.C23H25ClFN5O3S.C16H12BrClFN3O2S.C12H22N2O3.C2H3ClO.CH4/c1-13(33)29-15-8-16-11-36-12-17(9-15)32(16)10-20-21(25(34)35-2)22(18-4-3-14(27)7-19(18)26)31-23(30-20)24-28-5-6-37-24;1-32-23(31)19-18(9-30-14-7-13(26)8-15(30)11-33-10-14)28-21(22-27-4-5-34-22)29-20(19)16-3-2-12(25)6-17(16)24;1-24-16(23)12-11(7-17)21-14(15-20-4-5-25-15)22-13(12)9-3-2-8(19)6-10(9)18;1-12(2,3)17-11(15)14-8-4-9-6-16-7-10(5-8)13-9;1-2(3)4;/h3-7,15-17,22H,8-12H2,1-2H3,(H,29,33)(H,30,31);2-6,13-15,20H,7-11,26H2,1H3,(H,28,29);2-6,13H,7H2,1H3,(H,21,22);8-10,13H,4-7H2,1-3H3,(H,14,15);1H3;1H4/t15?,16?,17?,22-;13?,14?,15?,20-;13-;;;/m000.../s1. The van der Waals surface area contributed by atoms with Crippen LogP contribution in [0.4, 0.5) is 18.0 Å². The first-order valence-electron chi connectivity index (χ1n) is 37.3. The summed E-state index contributed by atoms with van der Waals surface area (Å²) < 4.78 is 78.7. The van der Waals surface area contributed by atoms with E-state index in [1.807, 2.05) is 36.9 Å². The van der Waals surface area contributed by atoms with Crippen molar-refractivity contribution in [3.8, 4) is 0 Å². The first-order valence-corrected chi connectivity index (χ1v) is 42.5. The van der Waals surface area contributed by atoms with E-state index in [2.05, 4.69) is 89.2 Å². The number of hydrogen-bond acceptors (Lipinski definition) is 29. The molecule has 0 aliphatic carbocycles. The van der Waals surface area contributed by atoms with Crippen LogP contribution in [-0.2, 0) is 57.1 Å². The molecule has 12 heterocycles. The predicted molar refractivity (Wildman–Crippen MR) is 450 cm³/mol. The van der Waals surface area contributed by atoms with Gasteiger partial charge in [-0.05, 0) is 107 Å². The highest BCUT2D eigenvalue weighted by Crippen LogP contribution is 2.42. The average Bonchev–Trinajstić information content (AvgIpc) is 1.03. The largest absolute Gasteiger partial charge is 0.466 e. The molecule has 0 saturated carbocycles. The van der Waals surface area contributed by atoms with Crippen LogP contribution in [0.3, 0.4) is 0 Å². The second kappa shape index (κ2) is 42.6. The Labute approximate surface area is 721 Å². The Hall–Kier alpha value is -7.85. The van der Waals surface area contributed by atoms with Crippen LogP contribution in [0.2, 0.25) is 15.1 Å². The molecule has 118 heavy (non-hydrogen) atoms. The molecule has 9 atom stereocenters. The molecule has 28 nitrogen and oxygen atoms in total. The summed E-state index contributed by atoms with van der Waals surface area (Å²) in [5.41, 5.74) is 10.2. The fraction of sp³-hybridized carbons (Fsp3) is 0.468. The maximum absolute atomic E-state index is 13.9. The van der Waals surface area contributed by atoms with Gasteiger partial charge in [0.25, 0.3) is 0 Å². The lowest BCUT2D eigenvalue weighted by atomic mass is 9.88. The molecule has 2 amide bonds. The van der Waals surface area contributed by atoms with Crippen molar-refractivity contribution in [2.45, 2.75) is 159 Å². The predicted octanol–water partition coefficient (Wildman–Crippen LogP) is 11.8. The Morgan fingerprint density at radius 2 is 0.890 bits per heavy atom. The highest BCUT2D eigenvalue weighted by atomic mass is 79.9. The van der Waals surface area contributed by atoms with Crippen molar-refractivity contribution in [3.05, 3.63) is 187 Å². The van der Waals surface area contributed by atoms with Gasteiger partial charge in [0.15, 0.2) is 32.5 Å². The zero-order chi connectivity index (χ0) is 83.9. The highest BCUT2D eigenvalue weighted by Gasteiger charge is 2.45. The SMILES string of the molecule is C.CC(=O)Cl.CC(C)(C)OC(=O)NC1CC2COCC(C1)N2.COC(=O)C1=C(CBr)NC(c2nccs2)=N[C@H]1c1ccc(F)cc1Cl.COC(=O)C1=C(CN2C3COCC2CC(N)C3)NC(c2nccs2)=N[C@H]1c1ccc(F)cc1Cl.COC(=O)C1=C(CN2C3COCC2CC(NC(C)=O)C3)NC(c2nccs2)=N[C@H]1c1ccc(F)cc1Cl. The molecular formula is C79H93BrCl4F3N15O13S3. The molecule has 3 aromatic carbocycles. The van der Waals surface area contributed by atoms with Gasteiger partial charge in [-0.25, -0.2) is 47.3 Å². The van der Waals surface area contributed by atoms with Crippen LogP contribution < -0.4 is 37.6 Å². The number of alkyl carbamates (subject to hydrolysis) is 1. The number of thiazole rings is 3. The van der Waals surface area contributed by atoms with E-state index in [4.69, 9.17) is 83.7 Å². The van der Waals surface area contributed by atoms with E-state index in [9.17, 15) is 41.9 Å². The van der Waals surface area contributed by atoms with Crippen LogP contribution in [0.25, 0.3) is 0 Å². The van der Waals surface area contributed by atoms with Crippen molar-refractivity contribution >= 4 is 149 Å². The first kappa shape index (κ1) is 92.4. The number of ether oxygens (including phenoxy) is 7. The smallest absolute Gasteiger partial charge is 0.407 e. The third kappa shape index (κ3) is 24.1. The minimum absolute atomic E-state index is 0. The van der Waals surface area contributed by atoms with Crippen molar-refractivity contribution in [1.82, 2.24) is 56.7 Å². The van der Waals surface area contributed by atoms with Crippen LogP contribution in [0, 0.1) is 17.5 Å². The van der Waals surface area contributed by atoms with Gasteiger partial charge in [0.1, 0.15) is 41.2 Å². The molecule has 6 saturated heterocycles. The quantitative estimate of drug-likeness (QED) is 0.0205. The number of aromatic nitrogens is 3. The van der Waals surface area contributed by atoms with Crippen molar-refractivity contribution in [2.75, 3.05) is 79.4 Å². The van der Waals surface area contributed by atoms with Crippen LogP contribution >= 0.6 is 96.3 Å². The number of nitrogens with zero attached hydrogens (tertiary/aromatic N) is 8. The Balaban J connectivity index is 0.000000168. The number of amidine groups is 3. The summed E-state index contributed by atoms with van der Waals surface area (Å²) in [6, 6.07) is 11.3. The van der Waals surface area contributed by atoms with Crippen LogP contribution in [0.1, 0.15) is 130 Å². The normalized spacial score (nSPS) is 24.5. The number of piperidine rings is 3. The molecule has 6 fully saturated rings. The second-order valence-corrected chi connectivity index (χ2v) is 34.3. The summed E-state index contributed by atoms with van der Waals surface area (Å²) in [7, 11) is 3.95. The lowest BCUT2D eigenvalue weighted by Gasteiger charge is -2.49. The average molecular weight is 1840 g/mol. The number of allylic oxidation sites excluding steroid dienone is 1. The van der Waals surface area contributed by atoms with E-state index >= 15 is 0 Å². The van der Waals surface area contributed by atoms with Gasteiger partial charge in [-0.1, -0.05) is 76.4 Å². The van der Waals surface area contributed by atoms with E-state index in [0.29, 0.717) is 140 Å². The van der Waals surface area contributed by atoms with E-state index in [0.717, 1.165) is 51.7 Å². The number of methoxy groups -OCH3 is 3. The topological polar surface area (TPSA) is 347 Å².